The lowest BCUT2D eigenvalue weighted by Crippen LogP contribution is -2.61. The molecule has 1 aliphatic rings. The molecule has 3 N–H and O–H groups in total. The summed E-state index contributed by atoms with van der Waals surface area (Å²) in [5.74, 6) is -4.72. The number of nitrogens with one attached hydrogen (secondary N) is 3. The number of aromatic nitrogens is 1. The van der Waals surface area contributed by atoms with Crippen LogP contribution in [-0.2, 0) is 15.6 Å². The van der Waals surface area contributed by atoms with E-state index in [-0.39, 0.29) is 11.3 Å². The van der Waals surface area contributed by atoms with E-state index in [0.29, 0.717) is 10.4 Å². The molecule has 0 unspecified atom stereocenters. The minimum atomic E-state index is -3.91. The molecule has 1 aromatic heterocycles. The van der Waals surface area contributed by atoms with E-state index >= 15 is 0 Å². The van der Waals surface area contributed by atoms with E-state index in [1.807, 2.05) is 0 Å². The first-order valence-corrected chi connectivity index (χ1v) is 10.5. The predicted octanol–water partition coefficient (Wildman–Crippen LogP) is 2.23. The largest absolute Gasteiger partial charge is 0.433 e. The fraction of sp³-hybridized carbons (Fsp3) is 0.278. The van der Waals surface area contributed by atoms with Crippen molar-refractivity contribution < 1.29 is 35.5 Å². The number of carbonyl (C=O) groups excluding carboxylic acids is 1. The topological polar surface area (TPSA) is 124 Å². The summed E-state index contributed by atoms with van der Waals surface area (Å²) in [5.41, 5.74) is -2.45. The molecule has 3 rings (SSSR count). The van der Waals surface area contributed by atoms with Crippen LogP contribution in [0.1, 0.15) is 23.0 Å². The van der Waals surface area contributed by atoms with Crippen molar-refractivity contribution in [1.82, 2.24) is 14.6 Å². The van der Waals surface area contributed by atoms with Crippen LogP contribution in [0.15, 0.2) is 30.5 Å². The molecule has 14 heteroatoms. The van der Waals surface area contributed by atoms with Gasteiger partial charge in [0.15, 0.2) is 11.5 Å². The van der Waals surface area contributed by atoms with Gasteiger partial charge in [0.05, 0.1) is 17.5 Å². The summed E-state index contributed by atoms with van der Waals surface area (Å²) in [6.07, 6.45) is 0.736. The molecule has 2 heterocycles. The monoisotopic (exact) mass is 475 g/mol. The minimum absolute atomic E-state index is 0.0219. The summed E-state index contributed by atoms with van der Waals surface area (Å²) >= 11 is 0. The van der Waals surface area contributed by atoms with E-state index in [1.165, 1.54) is 14.0 Å². The molecule has 1 atom stereocenters. The Kier molecular flexibility index (Phi) is 6.00. The molecule has 1 saturated heterocycles. The van der Waals surface area contributed by atoms with Crippen LogP contribution in [0.3, 0.4) is 0 Å². The van der Waals surface area contributed by atoms with Crippen molar-refractivity contribution in [2.45, 2.75) is 19.1 Å². The number of amides is 1. The second-order valence-corrected chi connectivity index (χ2v) is 9.06. The van der Waals surface area contributed by atoms with Gasteiger partial charge in [0, 0.05) is 24.4 Å². The van der Waals surface area contributed by atoms with Crippen molar-refractivity contribution in [3.05, 3.63) is 53.4 Å². The number of halogens is 4. The van der Waals surface area contributed by atoms with Crippen LogP contribution in [0.25, 0.3) is 0 Å². The maximum atomic E-state index is 14.6. The van der Waals surface area contributed by atoms with Crippen LogP contribution in [0.4, 0.5) is 23.2 Å². The predicted molar refractivity (Wildman–Crippen MR) is 105 cm³/mol. The molecule has 0 spiro atoms. The van der Waals surface area contributed by atoms with Crippen LogP contribution in [0.2, 0.25) is 0 Å². The fourth-order valence-electron chi connectivity index (χ4n) is 3.09. The van der Waals surface area contributed by atoms with E-state index in [2.05, 4.69) is 20.4 Å². The Hall–Kier alpha value is -3.42. The van der Waals surface area contributed by atoms with Gasteiger partial charge in [-0.05, 0) is 25.1 Å². The van der Waals surface area contributed by atoms with Crippen LogP contribution < -0.4 is 15.4 Å². The zero-order valence-corrected chi connectivity index (χ0v) is 17.4. The van der Waals surface area contributed by atoms with Gasteiger partial charge < -0.3 is 15.4 Å². The molecule has 1 aromatic carbocycles. The van der Waals surface area contributed by atoms with Crippen molar-refractivity contribution in [2.75, 3.05) is 18.1 Å². The first-order chi connectivity index (χ1) is 14.8. The van der Waals surface area contributed by atoms with Gasteiger partial charge in [0.1, 0.15) is 11.6 Å². The molecule has 0 aliphatic carbocycles. The number of alkyl halides is 2. The van der Waals surface area contributed by atoms with E-state index in [1.54, 1.807) is 0 Å². The van der Waals surface area contributed by atoms with Gasteiger partial charge >= 0.3 is 6.61 Å². The second-order valence-electron chi connectivity index (χ2n) is 7.06. The summed E-state index contributed by atoms with van der Waals surface area (Å²) in [5, 5.41) is 12.7. The maximum Gasteiger partial charge on any atom is 0.387 e. The zero-order valence-electron chi connectivity index (χ0n) is 16.6. The number of hydrogen-bond acceptors (Lipinski definition) is 6. The van der Waals surface area contributed by atoms with Crippen LogP contribution in [0.5, 0.6) is 5.75 Å². The van der Waals surface area contributed by atoms with Crippen LogP contribution >= 0.6 is 0 Å². The van der Waals surface area contributed by atoms with Crippen molar-refractivity contribution in [3.63, 3.8) is 0 Å². The highest BCUT2D eigenvalue weighted by atomic mass is 32.2. The summed E-state index contributed by atoms with van der Waals surface area (Å²) in [6, 6.07) is 3.82. The van der Waals surface area contributed by atoms with Gasteiger partial charge in [-0.1, -0.05) is 0 Å². The number of guanidine groups is 1. The molecular formula is C18H17F4N5O4S. The van der Waals surface area contributed by atoms with Gasteiger partial charge in [-0.2, -0.15) is 8.78 Å². The lowest BCUT2D eigenvalue weighted by Gasteiger charge is -2.40. The summed E-state index contributed by atoms with van der Waals surface area (Å²) in [7, 11) is -2.74. The molecule has 1 amide bonds. The number of carbonyl (C=O) groups is 1. The molecule has 32 heavy (non-hydrogen) atoms. The fourth-order valence-corrected chi connectivity index (χ4v) is 4.57. The number of nitrogens with zero attached hydrogens (tertiary/aromatic N) is 2. The average Bonchev–Trinajstić information content (AvgIpc) is 2.66. The Morgan fingerprint density at radius 2 is 2.00 bits per heavy atom. The van der Waals surface area contributed by atoms with Gasteiger partial charge in [0.25, 0.3) is 5.91 Å². The quantitative estimate of drug-likeness (QED) is 0.570. The highest BCUT2D eigenvalue weighted by Gasteiger charge is 2.43. The Morgan fingerprint density at radius 3 is 2.59 bits per heavy atom. The van der Waals surface area contributed by atoms with Crippen molar-refractivity contribution in [1.29, 1.82) is 5.41 Å². The minimum Gasteiger partial charge on any atom is -0.433 e. The number of hydrogen-bond donors (Lipinski definition) is 3. The summed E-state index contributed by atoms with van der Waals surface area (Å²) in [4.78, 5) is 15.8. The highest BCUT2D eigenvalue weighted by molar-refractivity contribution is 7.89. The van der Waals surface area contributed by atoms with E-state index < -0.39 is 62.9 Å². The number of rotatable bonds is 5. The molecule has 1 fully saturated rings. The Bertz CT molecular complexity index is 1190. The molecule has 172 valence electrons. The number of pyridine rings is 1. The third-order valence-corrected chi connectivity index (χ3v) is 6.63. The van der Waals surface area contributed by atoms with Crippen molar-refractivity contribution in [2.24, 2.45) is 0 Å². The van der Waals surface area contributed by atoms with Crippen LogP contribution in [0, 0.1) is 17.0 Å². The lowest BCUT2D eigenvalue weighted by atomic mass is 9.93. The molecule has 1 aliphatic heterocycles. The Morgan fingerprint density at radius 1 is 1.31 bits per heavy atom. The molecule has 0 radical (unpaired) electrons. The van der Waals surface area contributed by atoms with Gasteiger partial charge in [-0.15, -0.1) is 0 Å². The third kappa shape index (κ3) is 4.59. The first kappa shape index (κ1) is 23.2. The number of anilines is 1. The number of ether oxygens (including phenoxy) is 1. The zero-order chi connectivity index (χ0) is 23.8. The Balaban J connectivity index is 1.88. The Labute approximate surface area is 179 Å². The van der Waals surface area contributed by atoms with Crippen molar-refractivity contribution >= 4 is 27.6 Å². The summed E-state index contributed by atoms with van der Waals surface area (Å²) < 4.78 is 82.4. The number of benzene rings is 1. The van der Waals surface area contributed by atoms with Gasteiger partial charge in [-0.25, -0.2) is 26.5 Å². The standard InChI is InChI=1S/C18H17F4N5O4S/c1-18(8-32(29,30)27(2)17(23)26-18)11-5-9(3-4-12(11)19)25-15(28)14-13(20)6-10(7-24-14)31-16(21)22/h3-7,16H,8H2,1-2H3,(H2,23,26)(H,25,28)/t18-/m0/s1. The number of sulfonamides is 1. The normalized spacial score (nSPS) is 20.1. The molecule has 9 nitrogen and oxygen atoms in total. The third-order valence-electron chi connectivity index (χ3n) is 4.67. The molecule has 0 saturated carbocycles. The van der Waals surface area contributed by atoms with E-state index in [0.717, 1.165) is 24.4 Å². The van der Waals surface area contributed by atoms with E-state index in [4.69, 9.17) is 5.41 Å². The molecule has 2 aromatic rings. The highest BCUT2D eigenvalue weighted by Crippen LogP contribution is 2.31. The molecular weight excluding hydrogens is 458 g/mol. The second kappa shape index (κ2) is 8.26. The van der Waals surface area contributed by atoms with Crippen molar-refractivity contribution in [3.8, 4) is 5.75 Å². The smallest absolute Gasteiger partial charge is 0.387 e. The van der Waals surface area contributed by atoms with E-state index in [9.17, 15) is 30.8 Å². The first-order valence-electron chi connectivity index (χ1n) is 8.87. The molecule has 0 bridgehead atoms. The maximum absolute atomic E-state index is 14.6. The van der Waals surface area contributed by atoms with Crippen LogP contribution in [-0.4, -0.2) is 49.0 Å². The summed E-state index contributed by atoms with van der Waals surface area (Å²) in [6.45, 7) is -1.83. The van der Waals surface area contributed by atoms with Gasteiger partial charge in [-0.3, -0.25) is 10.2 Å². The SMILES string of the molecule is CN1C(=N)N[C@](C)(c2cc(NC(=O)c3ncc(OC(F)F)cc3F)ccc2F)CS1(=O)=O. The lowest BCUT2D eigenvalue weighted by molar-refractivity contribution is -0.0502. The van der Waals surface area contributed by atoms with Gasteiger partial charge in [0.2, 0.25) is 16.0 Å². The average molecular weight is 475 g/mol.